The first kappa shape index (κ1) is 22.4. The summed E-state index contributed by atoms with van der Waals surface area (Å²) in [6, 6.07) is 13.0. The lowest BCUT2D eigenvalue weighted by Gasteiger charge is -2.11. The molecule has 0 saturated heterocycles. The number of H-pyrrole nitrogens is 1. The molecule has 6 rings (SSSR count). The number of amides is 1. The molecule has 2 atom stereocenters. The molecule has 1 aliphatic carbocycles. The molecule has 2 aliphatic rings. The van der Waals surface area contributed by atoms with E-state index in [0.717, 1.165) is 46.1 Å². The summed E-state index contributed by atoms with van der Waals surface area (Å²) in [4.78, 5) is 17.0. The van der Waals surface area contributed by atoms with Crippen molar-refractivity contribution in [1.82, 2.24) is 15.2 Å². The topological polar surface area (TPSA) is 135 Å². The van der Waals surface area contributed by atoms with Crippen LogP contribution in [0.15, 0.2) is 53.7 Å². The molecule has 1 aliphatic heterocycles. The van der Waals surface area contributed by atoms with Gasteiger partial charge in [0, 0.05) is 29.3 Å². The number of aromatic nitrogens is 3. The average molecular weight is 506 g/mol. The van der Waals surface area contributed by atoms with Crippen LogP contribution >= 0.6 is 0 Å². The van der Waals surface area contributed by atoms with Crippen LogP contribution in [-0.2, 0) is 20.0 Å². The van der Waals surface area contributed by atoms with E-state index in [1.54, 1.807) is 7.11 Å². The molecule has 2 aromatic heterocycles. The standard InChI is InChI=1S/C25H23N5O5S/c1-34-14-5-7-18-16(9-14)25(24(31)28-18)11-17(25)13-4-6-15-19(8-13)29-30-23(15)27-20-12-26-22(36(3,32)33)10-21(20)35-2/h4-10,12,17H,11H2,1-3H3,(H,28,31)(H2,27,29,30)/t17-,25-/m0/s1. The fourth-order valence-corrected chi connectivity index (χ4v) is 5.63. The minimum atomic E-state index is -3.47. The second kappa shape index (κ2) is 7.69. The normalized spacial score (nSPS) is 20.3. The van der Waals surface area contributed by atoms with Crippen molar-refractivity contribution < 1.29 is 22.7 Å². The number of aromatic amines is 1. The summed E-state index contributed by atoms with van der Waals surface area (Å²) < 4.78 is 34.4. The van der Waals surface area contributed by atoms with E-state index < -0.39 is 15.3 Å². The Kier molecular flexibility index (Phi) is 4.77. The van der Waals surface area contributed by atoms with Crippen molar-refractivity contribution >= 4 is 43.8 Å². The Hall–Kier alpha value is -4.12. The summed E-state index contributed by atoms with van der Waals surface area (Å²) >= 11 is 0. The molecule has 1 spiro atoms. The zero-order valence-corrected chi connectivity index (χ0v) is 20.6. The third-order valence-corrected chi connectivity index (χ3v) is 7.99. The fraction of sp³-hybridized carbons (Fsp3) is 0.240. The first-order valence-corrected chi connectivity index (χ1v) is 13.1. The Balaban J connectivity index is 1.30. The van der Waals surface area contributed by atoms with Gasteiger partial charge in [-0.15, -0.1) is 0 Å². The Morgan fingerprint density at radius 2 is 1.94 bits per heavy atom. The predicted octanol–water partition coefficient (Wildman–Crippen LogP) is 3.50. The van der Waals surface area contributed by atoms with Crippen LogP contribution < -0.4 is 20.1 Å². The molecule has 1 amide bonds. The minimum Gasteiger partial charge on any atom is -0.497 e. The highest BCUT2D eigenvalue weighted by Gasteiger charge is 2.65. The second-order valence-electron chi connectivity index (χ2n) is 9.09. The number of pyridine rings is 1. The Morgan fingerprint density at radius 3 is 2.69 bits per heavy atom. The monoisotopic (exact) mass is 505 g/mol. The summed E-state index contributed by atoms with van der Waals surface area (Å²) in [5.74, 6) is 1.66. The first-order chi connectivity index (χ1) is 17.2. The largest absolute Gasteiger partial charge is 0.497 e. The predicted molar refractivity (Wildman–Crippen MR) is 134 cm³/mol. The van der Waals surface area contributed by atoms with Gasteiger partial charge in [-0.05, 0) is 47.9 Å². The summed E-state index contributed by atoms with van der Waals surface area (Å²) in [5, 5.41) is 14.4. The molecular formula is C25H23N5O5S. The molecule has 184 valence electrons. The van der Waals surface area contributed by atoms with Crippen molar-refractivity contribution in [3.8, 4) is 11.5 Å². The van der Waals surface area contributed by atoms with Gasteiger partial charge in [0.15, 0.2) is 20.7 Å². The lowest BCUT2D eigenvalue weighted by molar-refractivity contribution is -0.118. The average Bonchev–Trinajstić information content (AvgIpc) is 3.42. The van der Waals surface area contributed by atoms with E-state index in [1.807, 2.05) is 36.4 Å². The van der Waals surface area contributed by atoms with Crippen LogP contribution in [0.1, 0.15) is 23.5 Å². The zero-order chi connectivity index (χ0) is 25.2. The van der Waals surface area contributed by atoms with Crippen molar-refractivity contribution in [3.63, 3.8) is 0 Å². The third-order valence-electron chi connectivity index (χ3n) is 7.00. The highest BCUT2D eigenvalue weighted by molar-refractivity contribution is 7.90. The number of rotatable bonds is 6. The van der Waals surface area contributed by atoms with E-state index in [1.165, 1.54) is 19.4 Å². The molecule has 36 heavy (non-hydrogen) atoms. The number of nitrogens with one attached hydrogen (secondary N) is 3. The number of nitrogens with zero attached hydrogens (tertiary/aromatic N) is 2. The molecule has 2 aromatic carbocycles. The number of hydrogen-bond acceptors (Lipinski definition) is 8. The number of carbonyl (C=O) groups is 1. The van der Waals surface area contributed by atoms with E-state index in [0.29, 0.717) is 17.3 Å². The maximum absolute atomic E-state index is 13.0. The van der Waals surface area contributed by atoms with Crippen LogP contribution in [0.25, 0.3) is 10.9 Å². The number of sulfone groups is 1. The molecule has 0 bridgehead atoms. The lowest BCUT2D eigenvalue weighted by Crippen LogP contribution is -2.21. The number of methoxy groups -OCH3 is 2. The molecule has 3 heterocycles. The van der Waals surface area contributed by atoms with Gasteiger partial charge >= 0.3 is 0 Å². The molecule has 1 fully saturated rings. The third kappa shape index (κ3) is 3.30. The smallest absolute Gasteiger partial charge is 0.235 e. The summed E-state index contributed by atoms with van der Waals surface area (Å²) in [6.07, 6.45) is 3.22. The molecule has 0 unspecified atom stereocenters. The number of benzene rings is 2. The van der Waals surface area contributed by atoms with Crippen molar-refractivity contribution in [1.29, 1.82) is 0 Å². The van der Waals surface area contributed by atoms with Crippen LogP contribution in [0, 0.1) is 0 Å². The summed E-state index contributed by atoms with van der Waals surface area (Å²) in [6.45, 7) is 0. The number of ether oxygens (including phenoxy) is 2. The molecular weight excluding hydrogens is 482 g/mol. The fourth-order valence-electron chi connectivity index (χ4n) is 5.06. The second-order valence-corrected chi connectivity index (χ2v) is 11.1. The number of hydrogen-bond donors (Lipinski definition) is 3. The quantitative estimate of drug-likeness (QED) is 0.362. The maximum Gasteiger partial charge on any atom is 0.235 e. The van der Waals surface area contributed by atoms with Gasteiger partial charge in [0.2, 0.25) is 5.91 Å². The van der Waals surface area contributed by atoms with E-state index in [4.69, 9.17) is 9.47 Å². The van der Waals surface area contributed by atoms with Crippen molar-refractivity contribution in [2.24, 2.45) is 0 Å². The van der Waals surface area contributed by atoms with E-state index >= 15 is 0 Å². The van der Waals surface area contributed by atoms with Gasteiger partial charge in [-0.3, -0.25) is 9.89 Å². The van der Waals surface area contributed by atoms with E-state index in [-0.39, 0.29) is 16.9 Å². The van der Waals surface area contributed by atoms with Gasteiger partial charge in [0.1, 0.15) is 17.2 Å². The van der Waals surface area contributed by atoms with Gasteiger partial charge in [-0.2, -0.15) is 5.10 Å². The van der Waals surface area contributed by atoms with Crippen molar-refractivity contribution in [3.05, 3.63) is 59.8 Å². The van der Waals surface area contributed by atoms with E-state index in [2.05, 4.69) is 25.8 Å². The van der Waals surface area contributed by atoms with E-state index in [9.17, 15) is 13.2 Å². The maximum atomic E-state index is 13.0. The highest BCUT2D eigenvalue weighted by Crippen LogP contribution is 2.65. The SMILES string of the molecule is COc1ccc2c(c1)[C@]1(C[C@H]1c1ccc3c(Nc4cnc(S(C)(=O)=O)cc4OC)n[nH]c3c1)C(=O)N2. The van der Waals surface area contributed by atoms with Crippen molar-refractivity contribution in [2.75, 3.05) is 31.1 Å². The van der Waals surface area contributed by atoms with Crippen molar-refractivity contribution in [2.45, 2.75) is 22.8 Å². The molecule has 3 N–H and O–H groups in total. The van der Waals surface area contributed by atoms with Crippen LogP contribution in [0.5, 0.6) is 11.5 Å². The van der Waals surface area contributed by atoms with Crippen LogP contribution in [0.4, 0.5) is 17.2 Å². The molecule has 11 heteroatoms. The Morgan fingerprint density at radius 1 is 1.11 bits per heavy atom. The molecule has 1 saturated carbocycles. The van der Waals surface area contributed by atoms with Gasteiger partial charge in [0.25, 0.3) is 0 Å². The lowest BCUT2D eigenvalue weighted by atomic mass is 9.91. The highest BCUT2D eigenvalue weighted by atomic mass is 32.2. The number of fused-ring (bicyclic) bond motifs is 3. The van der Waals surface area contributed by atoms with Gasteiger partial charge < -0.3 is 20.1 Å². The first-order valence-electron chi connectivity index (χ1n) is 11.2. The molecule has 10 nitrogen and oxygen atoms in total. The summed E-state index contributed by atoms with van der Waals surface area (Å²) in [7, 11) is -0.392. The zero-order valence-electron chi connectivity index (χ0n) is 19.7. The minimum absolute atomic E-state index is 0.0138. The number of anilines is 3. The number of carbonyl (C=O) groups excluding carboxylic acids is 1. The Labute approximate surface area is 207 Å². The molecule has 4 aromatic rings. The molecule has 0 radical (unpaired) electrons. The van der Waals surface area contributed by atoms with Gasteiger partial charge in [-0.25, -0.2) is 13.4 Å². The summed E-state index contributed by atoms with van der Waals surface area (Å²) in [5.41, 5.74) is 3.56. The van der Waals surface area contributed by atoms with Crippen LogP contribution in [0.2, 0.25) is 0 Å². The Bertz CT molecular complexity index is 1660. The van der Waals surface area contributed by atoms with Crippen LogP contribution in [0.3, 0.4) is 0 Å². The van der Waals surface area contributed by atoms with Gasteiger partial charge in [0.05, 0.1) is 31.3 Å². The van der Waals surface area contributed by atoms with Crippen LogP contribution in [-0.4, -0.2) is 50.0 Å². The van der Waals surface area contributed by atoms with Gasteiger partial charge in [-0.1, -0.05) is 6.07 Å².